The number of nitrogens with two attached hydrogens (primary N) is 1. The van der Waals surface area contributed by atoms with Crippen LogP contribution in [0.2, 0.25) is 0 Å². The van der Waals surface area contributed by atoms with Crippen molar-refractivity contribution in [3.63, 3.8) is 0 Å². The number of carboxylic acids is 1. The Morgan fingerprint density at radius 2 is 1.78 bits per heavy atom. The van der Waals surface area contributed by atoms with Crippen molar-refractivity contribution >= 4 is 23.6 Å². The molecular formula is C15H16N4O4. The maximum Gasteiger partial charge on any atom is 0.321 e. The van der Waals surface area contributed by atoms with Gasteiger partial charge in [0, 0.05) is 18.7 Å². The van der Waals surface area contributed by atoms with Crippen LogP contribution in [0.25, 0.3) is 0 Å². The molecule has 0 aromatic heterocycles. The number of carboxylic acid groups (broad SMARTS) is 1. The fourth-order valence-corrected chi connectivity index (χ4v) is 3.36. The molecule has 8 heteroatoms. The van der Waals surface area contributed by atoms with E-state index in [2.05, 4.69) is 5.32 Å². The largest absolute Gasteiger partial charge is 0.480 e. The summed E-state index contributed by atoms with van der Waals surface area (Å²) in [6, 6.07) is 4.97. The minimum absolute atomic E-state index is 0.0796. The Morgan fingerprint density at radius 3 is 2.30 bits per heavy atom. The first kappa shape index (κ1) is 15.2. The van der Waals surface area contributed by atoms with Gasteiger partial charge in [0.25, 0.3) is 0 Å². The molecule has 5 N–H and O–H groups in total. The summed E-state index contributed by atoms with van der Waals surface area (Å²) in [5, 5.41) is 19.6. The van der Waals surface area contributed by atoms with Crippen LogP contribution in [0.3, 0.4) is 0 Å². The number of amides is 2. The van der Waals surface area contributed by atoms with E-state index in [1.165, 1.54) is 7.05 Å². The number of nitrogen functional groups attached to an aromatic ring is 1. The molecule has 1 aromatic carbocycles. The van der Waals surface area contributed by atoms with E-state index >= 15 is 0 Å². The molecule has 2 amide bonds. The predicted octanol–water partition coefficient (Wildman–Crippen LogP) is -0.701. The van der Waals surface area contributed by atoms with Crippen LogP contribution in [0, 0.1) is 17.2 Å². The van der Waals surface area contributed by atoms with Crippen LogP contribution >= 0.6 is 0 Å². The smallest absolute Gasteiger partial charge is 0.321 e. The highest BCUT2D eigenvalue weighted by molar-refractivity contribution is 6.08. The summed E-state index contributed by atoms with van der Waals surface area (Å²) < 4.78 is 0. The summed E-state index contributed by atoms with van der Waals surface area (Å²) in [4.78, 5) is 37.0. The van der Waals surface area contributed by atoms with E-state index in [0.29, 0.717) is 11.1 Å². The SMILES string of the molecule is CN1C(=O)C2C(C(=O)O)NC(c3ccc(C(=N)N)cc3)C2C1=O. The summed E-state index contributed by atoms with van der Waals surface area (Å²) >= 11 is 0. The molecule has 3 rings (SSSR count). The average molecular weight is 316 g/mol. The molecular weight excluding hydrogens is 300 g/mol. The molecule has 2 aliphatic heterocycles. The fourth-order valence-electron chi connectivity index (χ4n) is 3.36. The van der Waals surface area contributed by atoms with Gasteiger partial charge in [-0.1, -0.05) is 24.3 Å². The first-order valence-electron chi connectivity index (χ1n) is 7.07. The second kappa shape index (κ2) is 5.17. The van der Waals surface area contributed by atoms with Gasteiger partial charge in [0.05, 0.1) is 11.8 Å². The normalized spacial score (nSPS) is 29.7. The van der Waals surface area contributed by atoms with Gasteiger partial charge in [0.2, 0.25) is 11.8 Å². The van der Waals surface area contributed by atoms with Gasteiger partial charge in [-0.05, 0) is 5.56 Å². The third-order valence-electron chi connectivity index (χ3n) is 4.54. The van der Waals surface area contributed by atoms with Crippen molar-refractivity contribution in [2.75, 3.05) is 7.05 Å². The molecule has 4 atom stereocenters. The van der Waals surface area contributed by atoms with E-state index in [1.807, 2.05) is 0 Å². The summed E-state index contributed by atoms with van der Waals surface area (Å²) in [5.41, 5.74) is 6.62. The number of fused-ring (bicyclic) bond motifs is 1. The maximum absolute atomic E-state index is 12.3. The van der Waals surface area contributed by atoms with Gasteiger partial charge in [-0.2, -0.15) is 0 Å². The molecule has 0 saturated carbocycles. The second-order valence-corrected chi connectivity index (χ2v) is 5.78. The van der Waals surface area contributed by atoms with Crippen molar-refractivity contribution in [1.29, 1.82) is 5.41 Å². The first-order valence-corrected chi connectivity index (χ1v) is 7.07. The number of hydrogen-bond donors (Lipinski definition) is 4. The summed E-state index contributed by atoms with van der Waals surface area (Å²) in [6.45, 7) is 0. The number of amidine groups is 1. The molecule has 1 aromatic rings. The third kappa shape index (κ3) is 2.18. The monoisotopic (exact) mass is 316 g/mol. The first-order chi connectivity index (χ1) is 10.8. The molecule has 120 valence electrons. The Bertz CT molecular complexity index is 715. The molecule has 0 spiro atoms. The van der Waals surface area contributed by atoms with Crippen LogP contribution in [-0.2, 0) is 14.4 Å². The van der Waals surface area contributed by atoms with Crippen LogP contribution in [0.4, 0.5) is 0 Å². The Hall–Kier alpha value is -2.74. The number of hydrogen-bond acceptors (Lipinski definition) is 5. The zero-order valence-corrected chi connectivity index (χ0v) is 12.3. The van der Waals surface area contributed by atoms with E-state index in [9.17, 15) is 19.5 Å². The quantitative estimate of drug-likeness (QED) is 0.331. The number of aliphatic carboxylic acids is 1. The minimum atomic E-state index is -1.15. The molecule has 0 radical (unpaired) electrons. The number of nitrogens with one attached hydrogen (secondary N) is 2. The number of likely N-dealkylation sites (tertiary alicyclic amines) is 1. The lowest BCUT2D eigenvalue weighted by Gasteiger charge is -2.19. The number of benzene rings is 1. The Labute approximate surface area is 131 Å². The van der Waals surface area contributed by atoms with Crippen LogP contribution in [0.1, 0.15) is 17.2 Å². The maximum atomic E-state index is 12.3. The van der Waals surface area contributed by atoms with Gasteiger partial charge in [-0.15, -0.1) is 0 Å². The third-order valence-corrected chi connectivity index (χ3v) is 4.54. The van der Waals surface area contributed by atoms with Gasteiger partial charge >= 0.3 is 5.97 Å². The second-order valence-electron chi connectivity index (χ2n) is 5.78. The van der Waals surface area contributed by atoms with Crippen molar-refractivity contribution in [3.05, 3.63) is 35.4 Å². The van der Waals surface area contributed by atoms with E-state index in [-0.39, 0.29) is 11.7 Å². The Kier molecular flexibility index (Phi) is 3.41. The highest BCUT2D eigenvalue weighted by atomic mass is 16.4. The van der Waals surface area contributed by atoms with Crippen molar-refractivity contribution < 1.29 is 19.5 Å². The van der Waals surface area contributed by atoms with Crippen molar-refractivity contribution in [1.82, 2.24) is 10.2 Å². The number of rotatable bonds is 3. The molecule has 8 nitrogen and oxygen atoms in total. The van der Waals surface area contributed by atoms with E-state index in [4.69, 9.17) is 11.1 Å². The summed E-state index contributed by atoms with van der Waals surface area (Å²) in [6.07, 6.45) is 0. The zero-order chi connectivity index (χ0) is 16.9. The molecule has 0 aliphatic carbocycles. The number of carbonyl (C=O) groups excluding carboxylic acids is 2. The molecule has 2 heterocycles. The van der Waals surface area contributed by atoms with Crippen LogP contribution < -0.4 is 11.1 Å². The lowest BCUT2D eigenvalue weighted by Crippen LogP contribution is -2.41. The Morgan fingerprint density at radius 1 is 1.22 bits per heavy atom. The standard InChI is InChI=1S/C15H16N4O4/c1-19-13(20)8-9(14(19)21)11(15(22)23)18-10(8)6-2-4-7(5-3-6)12(16)17/h2-5,8-11,18H,1H3,(H3,16,17)(H,22,23). The van der Waals surface area contributed by atoms with E-state index < -0.39 is 35.8 Å². The molecule has 4 unspecified atom stereocenters. The number of carbonyl (C=O) groups is 3. The fraction of sp³-hybridized carbons (Fsp3) is 0.333. The predicted molar refractivity (Wildman–Crippen MR) is 79.5 cm³/mol. The van der Waals surface area contributed by atoms with Crippen molar-refractivity contribution in [2.24, 2.45) is 17.6 Å². The van der Waals surface area contributed by atoms with Gasteiger partial charge in [-0.25, -0.2) is 0 Å². The topological polar surface area (TPSA) is 137 Å². The van der Waals surface area contributed by atoms with Crippen LogP contribution in [-0.4, -0.2) is 46.7 Å². The van der Waals surface area contributed by atoms with Crippen LogP contribution in [0.5, 0.6) is 0 Å². The van der Waals surface area contributed by atoms with Gasteiger partial charge < -0.3 is 10.8 Å². The Balaban J connectivity index is 1.99. The molecule has 2 fully saturated rings. The van der Waals surface area contributed by atoms with Crippen molar-refractivity contribution in [2.45, 2.75) is 12.1 Å². The van der Waals surface area contributed by atoms with E-state index in [1.54, 1.807) is 24.3 Å². The lowest BCUT2D eigenvalue weighted by molar-refractivity contribution is -0.145. The van der Waals surface area contributed by atoms with Crippen molar-refractivity contribution in [3.8, 4) is 0 Å². The van der Waals surface area contributed by atoms with Gasteiger partial charge in [-0.3, -0.25) is 30.0 Å². The molecule has 2 aliphatic rings. The summed E-state index contributed by atoms with van der Waals surface area (Å²) in [7, 11) is 1.37. The molecule has 2 saturated heterocycles. The zero-order valence-electron chi connectivity index (χ0n) is 12.3. The number of nitrogens with zero attached hydrogens (tertiary/aromatic N) is 1. The number of imide groups is 1. The molecule has 0 bridgehead atoms. The summed E-state index contributed by atoms with van der Waals surface area (Å²) in [5.74, 6) is -3.72. The minimum Gasteiger partial charge on any atom is -0.480 e. The van der Waals surface area contributed by atoms with Gasteiger partial charge in [0.15, 0.2) is 0 Å². The average Bonchev–Trinajstić information content (AvgIpc) is 3.01. The highest BCUT2D eigenvalue weighted by Gasteiger charge is 2.60. The van der Waals surface area contributed by atoms with E-state index in [0.717, 1.165) is 4.90 Å². The van der Waals surface area contributed by atoms with Gasteiger partial charge in [0.1, 0.15) is 11.9 Å². The molecule has 23 heavy (non-hydrogen) atoms. The van der Waals surface area contributed by atoms with Crippen LogP contribution in [0.15, 0.2) is 24.3 Å². The highest BCUT2D eigenvalue weighted by Crippen LogP contribution is 2.43. The lowest BCUT2D eigenvalue weighted by atomic mass is 9.86.